The van der Waals surface area contributed by atoms with Crippen LogP contribution in [0.4, 0.5) is 0 Å². The van der Waals surface area contributed by atoms with Crippen molar-refractivity contribution in [2.75, 3.05) is 0 Å². The van der Waals surface area contributed by atoms with Gasteiger partial charge in [-0.3, -0.25) is 4.79 Å². The van der Waals surface area contributed by atoms with E-state index >= 15 is 0 Å². The normalized spacial score (nSPS) is 11.3. The molecule has 6 nitrogen and oxygen atoms in total. The topological polar surface area (TPSA) is 64.7 Å². The Morgan fingerprint density at radius 1 is 0.906 bits per heavy atom. The van der Waals surface area contributed by atoms with Crippen LogP contribution in [0.2, 0.25) is 10.0 Å². The molecule has 0 spiro atoms. The maximum Gasteiger partial charge on any atom is 0.240 e. The number of para-hydroxylation sites is 4. The Kier molecular flexibility index (Phi) is 5.33. The molecular weight excluding hydrogens is 445 g/mol. The van der Waals surface area contributed by atoms with Crippen molar-refractivity contribution in [3.05, 3.63) is 82.6 Å². The molecule has 5 rings (SSSR count). The van der Waals surface area contributed by atoms with E-state index in [0.717, 1.165) is 27.9 Å². The summed E-state index contributed by atoms with van der Waals surface area (Å²) >= 11 is 12.7. The third-order valence-corrected chi connectivity index (χ3v) is 6.29. The second-order valence-electron chi connectivity index (χ2n) is 7.46. The van der Waals surface area contributed by atoms with E-state index in [1.165, 1.54) is 0 Å². The number of carbonyl (C=O) groups excluding carboxylic acids is 1. The van der Waals surface area contributed by atoms with Crippen LogP contribution in [0.5, 0.6) is 0 Å². The number of hydrogen-bond donors (Lipinski definition) is 1. The SMILES string of the molecule is Cn1c(CNC(=O)Cn2c(-c3cccc(Cl)c3Cl)nc3ccccc32)nc2ccccc21. The van der Waals surface area contributed by atoms with Crippen LogP contribution in [0.25, 0.3) is 33.5 Å². The lowest BCUT2D eigenvalue weighted by molar-refractivity contribution is -0.121. The van der Waals surface area contributed by atoms with Gasteiger partial charge in [-0.1, -0.05) is 53.5 Å². The van der Waals surface area contributed by atoms with Gasteiger partial charge in [-0.25, -0.2) is 9.97 Å². The fourth-order valence-electron chi connectivity index (χ4n) is 3.85. The Balaban J connectivity index is 1.45. The minimum Gasteiger partial charge on any atom is -0.347 e. The molecule has 0 saturated carbocycles. The number of carbonyl (C=O) groups is 1. The molecular formula is C24H19Cl2N5O. The van der Waals surface area contributed by atoms with Crippen molar-refractivity contribution in [3.63, 3.8) is 0 Å². The molecule has 8 heteroatoms. The molecule has 0 atom stereocenters. The fraction of sp³-hybridized carbons (Fsp3) is 0.125. The predicted molar refractivity (Wildman–Crippen MR) is 128 cm³/mol. The van der Waals surface area contributed by atoms with Crippen molar-refractivity contribution in [2.24, 2.45) is 7.05 Å². The molecule has 3 aromatic carbocycles. The lowest BCUT2D eigenvalue weighted by atomic mass is 10.2. The van der Waals surface area contributed by atoms with Crippen molar-refractivity contribution in [3.8, 4) is 11.4 Å². The number of hydrogen-bond acceptors (Lipinski definition) is 3. The second-order valence-corrected chi connectivity index (χ2v) is 8.25. The van der Waals surface area contributed by atoms with Gasteiger partial charge in [0.15, 0.2) is 0 Å². The number of amides is 1. The number of rotatable bonds is 5. The zero-order chi connectivity index (χ0) is 22.2. The van der Waals surface area contributed by atoms with Gasteiger partial charge < -0.3 is 14.5 Å². The van der Waals surface area contributed by atoms with Crippen molar-refractivity contribution >= 4 is 51.2 Å². The Morgan fingerprint density at radius 3 is 2.34 bits per heavy atom. The number of fused-ring (bicyclic) bond motifs is 2. The van der Waals surface area contributed by atoms with Gasteiger partial charge in [-0.2, -0.15) is 0 Å². The molecule has 1 amide bonds. The summed E-state index contributed by atoms with van der Waals surface area (Å²) in [6, 6.07) is 20.9. The zero-order valence-electron chi connectivity index (χ0n) is 17.2. The number of nitrogens with one attached hydrogen (secondary N) is 1. The van der Waals surface area contributed by atoms with E-state index in [9.17, 15) is 4.79 Å². The van der Waals surface area contributed by atoms with Crippen LogP contribution in [0.3, 0.4) is 0 Å². The van der Waals surface area contributed by atoms with Crippen molar-refractivity contribution in [1.29, 1.82) is 0 Å². The number of aryl methyl sites for hydroxylation is 1. The van der Waals surface area contributed by atoms with Crippen LogP contribution >= 0.6 is 23.2 Å². The molecule has 5 aromatic rings. The molecule has 0 bridgehead atoms. The van der Waals surface area contributed by atoms with E-state index in [-0.39, 0.29) is 12.5 Å². The van der Waals surface area contributed by atoms with Gasteiger partial charge in [0.05, 0.1) is 38.7 Å². The predicted octanol–water partition coefficient (Wildman–Crippen LogP) is 5.21. The fourth-order valence-corrected chi connectivity index (χ4v) is 4.23. The number of aromatic nitrogens is 4. The monoisotopic (exact) mass is 463 g/mol. The van der Waals surface area contributed by atoms with Crippen LogP contribution in [0.1, 0.15) is 5.82 Å². The summed E-state index contributed by atoms with van der Waals surface area (Å²) in [6.45, 7) is 0.409. The van der Waals surface area contributed by atoms with E-state index in [1.807, 2.05) is 76.8 Å². The van der Waals surface area contributed by atoms with Crippen LogP contribution in [0, 0.1) is 0 Å². The van der Waals surface area contributed by atoms with Gasteiger partial charge >= 0.3 is 0 Å². The summed E-state index contributed by atoms with van der Waals surface area (Å²) in [5, 5.41) is 3.83. The maximum absolute atomic E-state index is 12.9. The highest BCUT2D eigenvalue weighted by Crippen LogP contribution is 2.34. The molecule has 32 heavy (non-hydrogen) atoms. The molecule has 0 aliphatic heterocycles. The first-order chi connectivity index (χ1) is 15.5. The van der Waals surface area contributed by atoms with Gasteiger partial charge in [0, 0.05) is 12.6 Å². The van der Waals surface area contributed by atoms with Crippen molar-refractivity contribution in [1.82, 2.24) is 24.4 Å². The molecule has 0 aliphatic rings. The molecule has 0 radical (unpaired) electrons. The largest absolute Gasteiger partial charge is 0.347 e. The second kappa shape index (κ2) is 8.30. The van der Waals surface area contributed by atoms with Gasteiger partial charge in [0.25, 0.3) is 0 Å². The molecule has 0 unspecified atom stereocenters. The van der Waals surface area contributed by atoms with E-state index in [4.69, 9.17) is 28.2 Å². The molecule has 2 heterocycles. The minimum absolute atomic E-state index is 0.0859. The van der Waals surface area contributed by atoms with Gasteiger partial charge in [-0.15, -0.1) is 0 Å². The molecule has 0 aliphatic carbocycles. The Labute approximate surface area is 194 Å². The average molecular weight is 464 g/mol. The van der Waals surface area contributed by atoms with Crippen LogP contribution < -0.4 is 5.32 Å². The Morgan fingerprint density at radius 2 is 1.59 bits per heavy atom. The smallest absolute Gasteiger partial charge is 0.240 e. The average Bonchev–Trinajstić information content (AvgIpc) is 3.32. The van der Waals surface area contributed by atoms with Gasteiger partial charge in [0.2, 0.25) is 5.91 Å². The maximum atomic E-state index is 12.9. The lowest BCUT2D eigenvalue weighted by Crippen LogP contribution is -2.28. The Hall–Kier alpha value is -3.35. The quantitative estimate of drug-likeness (QED) is 0.388. The van der Waals surface area contributed by atoms with Gasteiger partial charge in [0.1, 0.15) is 18.2 Å². The molecule has 160 valence electrons. The highest BCUT2D eigenvalue weighted by molar-refractivity contribution is 6.43. The number of nitrogens with zero attached hydrogens (tertiary/aromatic N) is 4. The van der Waals surface area contributed by atoms with Crippen molar-refractivity contribution < 1.29 is 4.79 Å². The van der Waals surface area contributed by atoms with E-state index < -0.39 is 0 Å². The summed E-state index contributed by atoms with van der Waals surface area (Å²) in [4.78, 5) is 22.3. The van der Waals surface area contributed by atoms with Crippen LogP contribution in [-0.2, 0) is 24.9 Å². The Bertz CT molecular complexity index is 1470. The first-order valence-electron chi connectivity index (χ1n) is 10.1. The summed E-state index contributed by atoms with van der Waals surface area (Å²) < 4.78 is 3.84. The third-order valence-electron chi connectivity index (χ3n) is 5.47. The van der Waals surface area contributed by atoms with Crippen LogP contribution in [-0.4, -0.2) is 25.0 Å². The number of benzene rings is 3. The molecule has 0 saturated heterocycles. The van der Waals surface area contributed by atoms with Crippen molar-refractivity contribution in [2.45, 2.75) is 13.1 Å². The van der Waals surface area contributed by atoms with E-state index in [0.29, 0.717) is 28.0 Å². The van der Waals surface area contributed by atoms with Gasteiger partial charge in [-0.05, 0) is 36.4 Å². The number of halogens is 2. The van der Waals surface area contributed by atoms with Crippen LogP contribution in [0.15, 0.2) is 66.7 Å². The van der Waals surface area contributed by atoms with E-state index in [2.05, 4.69) is 10.3 Å². The molecule has 1 N–H and O–H groups in total. The summed E-state index contributed by atoms with van der Waals surface area (Å²) in [5.74, 6) is 1.23. The number of imidazole rings is 2. The highest BCUT2D eigenvalue weighted by Gasteiger charge is 2.18. The highest BCUT2D eigenvalue weighted by atomic mass is 35.5. The van der Waals surface area contributed by atoms with E-state index in [1.54, 1.807) is 6.07 Å². The molecule has 0 fully saturated rings. The standard InChI is InChI=1S/C24H19Cl2N5O/c1-30-19-11-4-2-9-17(19)28-21(30)13-27-22(32)14-31-20-12-5-3-10-18(20)29-24(31)15-7-6-8-16(25)23(15)26/h2-12H,13-14H2,1H3,(H,27,32). The summed E-state index contributed by atoms with van der Waals surface area (Å²) in [5.41, 5.74) is 4.23. The molecule has 2 aromatic heterocycles. The first-order valence-corrected chi connectivity index (χ1v) is 10.8. The third kappa shape index (κ3) is 3.61. The first kappa shape index (κ1) is 20.5. The summed E-state index contributed by atoms with van der Waals surface area (Å²) in [6.07, 6.45) is 0. The summed E-state index contributed by atoms with van der Waals surface area (Å²) in [7, 11) is 1.94. The minimum atomic E-state index is -0.153. The lowest BCUT2D eigenvalue weighted by Gasteiger charge is -2.11. The zero-order valence-corrected chi connectivity index (χ0v) is 18.7.